The summed E-state index contributed by atoms with van der Waals surface area (Å²) >= 11 is 6.03. The van der Waals surface area contributed by atoms with Gasteiger partial charge in [0.2, 0.25) is 0 Å². The van der Waals surface area contributed by atoms with Crippen LogP contribution in [0.15, 0.2) is 24.3 Å². The van der Waals surface area contributed by atoms with Crippen LogP contribution in [-0.2, 0) is 6.42 Å². The average molecular weight is 224 g/mol. The zero-order chi connectivity index (χ0) is 11.0. The quantitative estimate of drug-likeness (QED) is 0.805. The Morgan fingerprint density at radius 3 is 2.73 bits per heavy atom. The number of aryl methyl sites for hydroxylation is 1. The standard InChI is InChI=1S/C11H10ClNO2/c1-2-7-8-5-3-4-6-9(8)13(10(7)12)11(14)15/h3-6H,2H2,1H3,(H,14,15). The summed E-state index contributed by atoms with van der Waals surface area (Å²) in [7, 11) is 0. The Labute approximate surface area is 91.9 Å². The second kappa shape index (κ2) is 3.59. The number of para-hydroxylation sites is 1. The molecule has 1 N–H and O–H groups in total. The smallest absolute Gasteiger partial charge is 0.417 e. The molecule has 15 heavy (non-hydrogen) atoms. The molecule has 4 heteroatoms. The highest BCUT2D eigenvalue weighted by molar-refractivity contribution is 6.33. The van der Waals surface area contributed by atoms with E-state index in [-0.39, 0.29) is 0 Å². The van der Waals surface area contributed by atoms with Gasteiger partial charge in [-0.1, -0.05) is 36.7 Å². The second-order valence-electron chi connectivity index (χ2n) is 3.26. The lowest BCUT2D eigenvalue weighted by molar-refractivity contribution is 0.197. The largest absolute Gasteiger partial charge is 0.464 e. The Morgan fingerprint density at radius 1 is 1.47 bits per heavy atom. The van der Waals surface area contributed by atoms with Gasteiger partial charge in [0, 0.05) is 5.39 Å². The van der Waals surface area contributed by atoms with Crippen LogP contribution in [-0.4, -0.2) is 15.8 Å². The van der Waals surface area contributed by atoms with Gasteiger partial charge in [-0.3, -0.25) is 0 Å². The molecule has 1 aromatic heterocycles. The summed E-state index contributed by atoms with van der Waals surface area (Å²) in [6.07, 6.45) is -0.324. The molecule has 0 atom stereocenters. The molecule has 0 fully saturated rings. The van der Waals surface area contributed by atoms with E-state index in [1.807, 2.05) is 19.1 Å². The van der Waals surface area contributed by atoms with Gasteiger partial charge in [-0.05, 0) is 18.1 Å². The average Bonchev–Trinajstić information content (AvgIpc) is 2.49. The van der Waals surface area contributed by atoms with Gasteiger partial charge in [-0.25, -0.2) is 9.36 Å². The molecule has 1 aromatic carbocycles. The lowest BCUT2D eigenvalue weighted by Crippen LogP contribution is -2.07. The summed E-state index contributed by atoms with van der Waals surface area (Å²) in [5.74, 6) is 0. The molecular formula is C11H10ClNO2. The number of fused-ring (bicyclic) bond motifs is 1. The van der Waals surface area contributed by atoms with E-state index in [9.17, 15) is 4.79 Å². The predicted octanol–water partition coefficient (Wildman–Crippen LogP) is 3.38. The number of carbonyl (C=O) groups is 1. The van der Waals surface area contributed by atoms with Crippen molar-refractivity contribution in [2.24, 2.45) is 0 Å². The minimum atomic E-state index is -1.05. The molecule has 1 heterocycles. The Morgan fingerprint density at radius 2 is 2.13 bits per heavy atom. The first-order valence-electron chi connectivity index (χ1n) is 4.68. The Hall–Kier alpha value is -1.48. The monoisotopic (exact) mass is 223 g/mol. The minimum absolute atomic E-state index is 0.297. The number of hydrogen-bond acceptors (Lipinski definition) is 1. The van der Waals surface area contributed by atoms with E-state index in [0.29, 0.717) is 10.7 Å². The van der Waals surface area contributed by atoms with Crippen molar-refractivity contribution in [1.29, 1.82) is 0 Å². The highest BCUT2D eigenvalue weighted by Gasteiger charge is 2.17. The number of hydrogen-bond donors (Lipinski definition) is 1. The van der Waals surface area contributed by atoms with Crippen molar-refractivity contribution in [3.8, 4) is 0 Å². The summed E-state index contributed by atoms with van der Waals surface area (Å²) in [6, 6.07) is 7.33. The van der Waals surface area contributed by atoms with Crippen LogP contribution in [0.4, 0.5) is 4.79 Å². The number of aromatic nitrogens is 1. The van der Waals surface area contributed by atoms with Gasteiger partial charge >= 0.3 is 6.09 Å². The fourth-order valence-electron chi connectivity index (χ4n) is 1.80. The van der Waals surface area contributed by atoms with Gasteiger partial charge in [0.1, 0.15) is 5.15 Å². The van der Waals surface area contributed by atoms with E-state index >= 15 is 0 Å². The fraction of sp³-hybridized carbons (Fsp3) is 0.182. The lowest BCUT2D eigenvalue weighted by atomic mass is 10.1. The summed E-state index contributed by atoms with van der Waals surface area (Å²) in [5, 5.41) is 10.3. The van der Waals surface area contributed by atoms with Gasteiger partial charge < -0.3 is 5.11 Å². The van der Waals surface area contributed by atoms with E-state index < -0.39 is 6.09 Å². The molecule has 0 radical (unpaired) electrons. The summed E-state index contributed by atoms with van der Waals surface area (Å²) in [6.45, 7) is 1.96. The normalized spacial score (nSPS) is 10.8. The van der Waals surface area contributed by atoms with Crippen LogP contribution in [0.5, 0.6) is 0 Å². The van der Waals surface area contributed by atoms with Crippen LogP contribution in [0.25, 0.3) is 10.9 Å². The molecule has 0 saturated carbocycles. The Balaban J connectivity index is 2.91. The number of nitrogens with zero attached hydrogens (tertiary/aromatic N) is 1. The fourth-order valence-corrected chi connectivity index (χ4v) is 2.20. The third kappa shape index (κ3) is 1.39. The molecular weight excluding hydrogens is 214 g/mol. The molecule has 0 aliphatic carbocycles. The van der Waals surface area contributed by atoms with Crippen molar-refractivity contribution in [2.45, 2.75) is 13.3 Å². The Bertz CT molecular complexity index is 531. The van der Waals surface area contributed by atoms with E-state index in [1.165, 1.54) is 0 Å². The number of rotatable bonds is 1. The molecule has 0 bridgehead atoms. The van der Waals surface area contributed by atoms with Crippen molar-refractivity contribution in [3.05, 3.63) is 35.0 Å². The summed E-state index contributed by atoms with van der Waals surface area (Å²) in [5.41, 5.74) is 1.53. The molecule has 0 aliphatic heterocycles. The molecule has 2 aromatic rings. The van der Waals surface area contributed by atoms with Crippen LogP contribution in [0.2, 0.25) is 5.15 Å². The first kappa shape index (κ1) is 10.1. The molecule has 2 rings (SSSR count). The van der Waals surface area contributed by atoms with E-state index in [1.54, 1.807) is 12.1 Å². The number of carboxylic acid groups (broad SMARTS) is 1. The molecule has 0 unspecified atom stereocenters. The maximum absolute atomic E-state index is 11.0. The predicted molar refractivity (Wildman–Crippen MR) is 59.7 cm³/mol. The molecule has 78 valence electrons. The van der Waals surface area contributed by atoms with Crippen molar-refractivity contribution in [1.82, 2.24) is 4.57 Å². The van der Waals surface area contributed by atoms with Gasteiger partial charge in [-0.2, -0.15) is 0 Å². The highest BCUT2D eigenvalue weighted by Crippen LogP contribution is 2.29. The van der Waals surface area contributed by atoms with Crippen LogP contribution >= 0.6 is 11.6 Å². The van der Waals surface area contributed by atoms with Crippen molar-refractivity contribution >= 4 is 28.6 Å². The van der Waals surface area contributed by atoms with Gasteiger partial charge in [0.25, 0.3) is 0 Å². The topological polar surface area (TPSA) is 42.2 Å². The SMILES string of the molecule is CCc1c(Cl)n(C(=O)O)c2ccccc12. The van der Waals surface area contributed by atoms with Crippen LogP contribution in [0, 0.1) is 0 Å². The maximum Gasteiger partial charge on any atom is 0.417 e. The highest BCUT2D eigenvalue weighted by atomic mass is 35.5. The van der Waals surface area contributed by atoms with Gasteiger partial charge in [-0.15, -0.1) is 0 Å². The van der Waals surface area contributed by atoms with Crippen LogP contribution in [0.1, 0.15) is 12.5 Å². The van der Waals surface area contributed by atoms with Gasteiger partial charge in [0.05, 0.1) is 5.52 Å². The van der Waals surface area contributed by atoms with E-state index in [4.69, 9.17) is 16.7 Å². The first-order chi connectivity index (χ1) is 7.16. The third-order valence-corrected chi connectivity index (χ3v) is 2.86. The summed E-state index contributed by atoms with van der Waals surface area (Å²) < 4.78 is 1.12. The molecule has 0 spiro atoms. The van der Waals surface area contributed by atoms with E-state index in [2.05, 4.69) is 0 Å². The first-order valence-corrected chi connectivity index (χ1v) is 5.05. The molecule has 0 amide bonds. The van der Waals surface area contributed by atoms with Crippen molar-refractivity contribution in [3.63, 3.8) is 0 Å². The number of benzene rings is 1. The second-order valence-corrected chi connectivity index (χ2v) is 3.62. The minimum Gasteiger partial charge on any atom is -0.464 e. The molecule has 3 nitrogen and oxygen atoms in total. The van der Waals surface area contributed by atoms with Gasteiger partial charge in [0.15, 0.2) is 0 Å². The van der Waals surface area contributed by atoms with Crippen molar-refractivity contribution < 1.29 is 9.90 Å². The van der Waals surface area contributed by atoms with Crippen LogP contribution in [0.3, 0.4) is 0 Å². The Kier molecular flexibility index (Phi) is 2.40. The van der Waals surface area contributed by atoms with Crippen molar-refractivity contribution in [2.75, 3.05) is 0 Å². The van der Waals surface area contributed by atoms with E-state index in [0.717, 1.165) is 21.9 Å². The zero-order valence-corrected chi connectivity index (χ0v) is 8.95. The van der Waals surface area contributed by atoms with Crippen LogP contribution < -0.4 is 0 Å². The lowest BCUT2D eigenvalue weighted by Gasteiger charge is -1.98. The summed E-state index contributed by atoms with van der Waals surface area (Å²) in [4.78, 5) is 11.0. The maximum atomic E-state index is 11.0. The molecule has 0 saturated heterocycles. The zero-order valence-electron chi connectivity index (χ0n) is 8.20. The molecule has 0 aliphatic rings. The third-order valence-electron chi connectivity index (χ3n) is 2.46. The number of halogens is 1.